The van der Waals surface area contributed by atoms with Crippen molar-refractivity contribution in [1.82, 2.24) is 0 Å². The maximum atomic E-state index is 2.29. The number of fused-ring (bicyclic) bond motifs is 3. The molecule has 0 amide bonds. The van der Waals surface area contributed by atoms with Gasteiger partial charge in [-0.15, -0.1) is 0 Å². The van der Waals surface area contributed by atoms with E-state index >= 15 is 0 Å². The van der Waals surface area contributed by atoms with Crippen molar-refractivity contribution in [3.8, 4) is 11.1 Å². The third-order valence-corrected chi connectivity index (χ3v) is 5.37. The van der Waals surface area contributed by atoms with Crippen LogP contribution in [0.3, 0.4) is 0 Å². The molecule has 0 radical (unpaired) electrons. The topological polar surface area (TPSA) is 0 Å². The van der Waals surface area contributed by atoms with Crippen LogP contribution in [0.1, 0.15) is 56.9 Å². The van der Waals surface area contributed by atoms with Crippen molar-refractivity contribution in [2.75, 3.05) is 0 Å². The summed E-state index contributed by atoms with van der Waals surface area (Å²) in [4.78, 5) is 0. The first kappa shape index (κ1) is 22.6. The molecule has 1 aliphatic carbocycles. The molecular weight excluding hydrogens is 372 g/mol. The molecule has 0 nitrogen and oxygen atoms in total. The van der Waals surface area contributed by atoms with Crippen molar-refractivity contribution in [1.29, 1.82) is 0 Å². The molecule has 0 saturated heterocycles. The molecule has 4 aromatic carbocycles. The monoisotopic (exact) mass is 406 g/mol. The minimum Gasteiger partial charge on any atom is -0.0683 e. The van der Waals surface area contributed by atoms with Gasteiger partial charge in [-0.05, 0) is 39.3 Å². The number of benzene rings is 4. The average molecular weight is 407 g/mol. The molecule has 0 aromatic heterocycles. The zero-order valence-corrected chi connectivity index (χ0v) is 19.5. The molecule has 158 valence electrons. The normalized spacial score (nSPS) is 12.6. The van der Waals surface area contributed by atoms with Gasteiger partial charge in [-0.2, -0.15) is 0 Å². The first-order valence-corrected chi connectivity index (χ1v) is 11.5. The van der Waals surface area contributed by atoms with E-state index in [1.54, 1.807) is 0 Å². The molecule has 0 aliphatic heterocycles. The molecule has 0 saturated carbocycles. The number of hydrogen-bond acceptors (Lipinski definition) is 0. The van der Waals surface area contributed by atoms with E-state index in [9.17, 15) is 0 Å². The van der Waals surface area contributed by atoms with Crippen LogP contribution in [0.15, 0.2) is 109 Å². The Hall–Kier alpha value is -3.12. The Balaban J connectivity index is 0.000000411. The Morgan fingerprint density at radius 1 is 0.452 bits per heavy atom. The first-order valence-electron chi connectivity index (χ1n) is 11.5. The fourth-order valence-electron chi connectivity index (χ4n) is 4.40. The Morgan fingerprint density at radius 3 is 1.10 bits per heavy atom. The highest BCUT2D eigenvalue weighted by Crippen LogP contribution is 2.55. The second kappa shape index (κ2) is 10.3. The lowest BCUT2D eigenvalue weighted by molar-refractivity contribution is 0.737. The highest BCUT2D eigenvalue weighted by atomic mass is 14.5. The molecule has 0 heterocycles. The molecule has 5 rings (SSSR count). The van der Waals surface area contributed by atoms with Gasteiger partial charge in [0.2, 0.25) is 0 Å². The van der Waals surface area contributed by atoms with Crippen LogP contribution in [0.25, 0.3) is 11.1 Å². The summed E-state index contributed by atoms with van der Waals surface area (Å²) in [7, 11) is 0. The Kier molecular flexibility index (Phi) is 7.47. The fraction of sp³-hybridized carbons (Fsp3) is 0.226. The van der Waals surface area contributed by atoms with E-state index in [1.807, 2.05) is 13.8 Å². The van der Waals surface area contributed by atoms with Crippen LogP contribution in [-0.4, -0.2) is 0 Å². The van der Waals surface area contributed by atoms with Gasteiger partial charge in [0.25, 0.3) is 0 Å². The fourth-order valence-corrected chi connectivity index (χ4v) is 4.40. The summed E-state index contributed by atoms with van der Waals surface area (Å²) >= 11 is 0. The van der Waals surface area contributed by atoms with Gasteiger partial charge in [0.1, 0.15) is 0 Å². The van der Waals surface area contributed by atoms with Crippen LogP contribution in [0.4, 0.5) is 0 Å². The van der Waals surface area contributed by atoms with Crippen LogP contribution < -0.4 is 0 Å². The van der Waals surface area contributed by atoms with Crippen molar-refractivity contribution in [3.63, 3.8) is 0 Å². The van der Waals surface area contributed by atoms with E-state index in [4.69, 9.17) is 0 Å². The quantitative estimate of drug-likeness (QED) is 0.275. The van der Waals surface area contributed by atoms with Gasteiger partial charge in [-0.3, -0.25) is 0 Å². The highest BCUT2D eigenvalue weighted by Gasteiger charge is 2.45. The van der Waals surface area contributed by atoms with Crippen LogP contribution in [0, 0.1) is 5.92 Å². The van der Waals surface area contributed by atoms with Crippen molar-refractivity contribution >= 4 is 0 Å². The minimum absolute atomic E-state index is 0.254. The lowest BCUT2D eigenvalue weighted by Gasteiger charge is -2.33. The van der Waals surface area contributed by atoms with Crippen molar-refractivity contribution in [3.05, 3.63) is 131 Å². The largest absolute Gasteiger partial charge is 0.0713 e. The van der Waals surface area contributed by atoms with Gasteiger partial charge < -0.3 is 0 Å². The predicted octanol–water partition coefficient (Wildman–Crippen LogP) is 8.74. The molecule has 4 aromatic rings. The van der Waals surface area contributed by atoms with E-state index in [0.29, 0.717) is 0 Å². The molecule has 0 heteroatoms. The van der Waals surface area contributed by atoms with E-state index in [2.05, 4.69) is 130 Å². The lowest BCUT2D eigenvalue weighted by Crippen LogP contribution is -2.28. The molecule has 0 fully saturated rings. The predicted molar refractivity (Wildman–Crippen MR) is 136 cm³/mol. The SMILES string of the molecule is CC.CC(C)C.c1ccc(C2(c3ccccc3)c3ccccc3-c3ccccc32)cc1. The Labute approximate surface area is 188 Å². The second-order valence-electron chi connectivity index (χ2n) is 8.31. The molecule has 1 aliphatic rings. The zero-order chi connectivity index (χ0) is 22.3. The first-order chi connectivity index (χ1) is 15.2. The smallest absolute Gasteiger partial charge is 0.0683 e. The van der Waals surface area contributed by atoms with Crippen LogP contribution in [0.5, 0.6) is 0 Å². The molecular formula is C31H34. The third kappa shape index (κ3) is 4.21. The molecule has 31 heavy (non-hydrogen) atoms. The Morgan fingerprint density at radius 2 is 0.742 bits per heavy atom. The summed E-state index contributed by atoms with van der Waals surface area (Å²) in [5.41, 5.74) is 7.80. The summed E-state index contributed by atoms with van der Waals surface area (Å²) in [6, 6.07) is 39.5. The van der Waals surface area contributed by atoms with Gasteiger partial charge in [-0.25, -0.2) is 0 Å². The number of rotatable bonds is 2. The second-order valence-corrected chi connectivity index (χ2v) is 8.31. The van der Waals surface area contributed by atoms with E-state index in [1.165, 1.54) is 33.4 Å². The van der Waals surface area contributed by atoms with E-state index in [0.717, 1.165) is 5.92 Å². The van der Waals surface area contributed by atoms with Gasteiger partial charge in [0.15, 0.2) is 0 Å². The maximum absolute atomic E-state index is 2.29. The van der Waals surface area contributed by atoms with Crippen molar-refractivity contribution in [2.45, 2.75) is 40.0 Å². The van der Waals surface area contributed by atoms with Crippen LogP contribution in [-0.2, 0) is 5.41 Å². The van der Waals surface area contributed by atoms with Gasteiger partial charge in [-0.1, -0.05) is 144 Å². The van der Waals surface area contributed by atoms with E-state index < -0.39 is 0 Å². The molecule has 0 N–H and O–H groups in total. The zero-order valence-electron chi connectivity index (χ0n) is 19.5. The van der Waals surface area contributed by atoms with Crippen LogP contribution in [0.2, 0.25) is 0 Å². The summed E-state index contributed by atoms with van der Waals surface area (Å²) < 4.78 is 0. The van der Waals surface area contributed by atoms with Crippen molar-refractivity contribution < 1.29 is 0 Å². The minimum atomic E-state index is -0.254. The van der Waals surface area contributed by atoms with Gasteiger partial charge >= 0.3 is 0 Å². The summed E-state index contributed by atoms with van der Waals surface area (Å²) in [6.07, 6.45) is 0. The van der Waals surface area contributed by atoms with E-state index in [-0.39, 0.29) is 5.41 Å². The van der Waals surface area contributed by atoms with Gasteiger partial charge in [0, 0.05) is 0 Å². The van der Waals surface area contributed by atoms with Gasteiger partial charge in [0.05, 0.1) is 5.41 Å². The molecule has 0 atom stereocenters. The Bertz CT molecular complexity index is 985. The summed E-state index contributed by atoms with van der Waals surface area (Å²) in [5, 5.41) is 0. The maximum Gasteiger partial charge on any atom is 0.0713 e. The number of hydrogen-bond donors (Lipinski definition) is 0. The van der Waals surface area contributed by atoms with Crippen molar-refractivity contribution in [2.24, 2.45) is 5.92 Å². The highest BCUT2D eigenvalue weighted by molar-refractivity contribution is 5.86. The molecule has 0 unspecified atom stereocenters. The van der Waals surface area contributed by atoms with Crippen LogP contribution >= 0.6 is 0 Å². The average Bonchev–Trinajstić information content (AvgIpc) is 3.13. The molecule has 0 spiro atoms. The lowest BCUT2D eigenvalue weighted by atomic mass is 9.68. The standard InChI is InChI=1S/C25H18.C4H10.C2H6/c1-3-11-19(12-4-1)25(20-13-5-2-6-14-20)23-17-9-7-15-21(23)22-16-8-10-18-24(22)25;1-4(2)3;1-2/h1-18H;4H,1-3H3;1-2H3. The third-order valence-electron chi connectivity index (χ3n) is 5.37. The summed E-state index contributed by atoms with van der Waals surface area (Å²) in [6.45, 7) is 10.5. The molecule has 0 bridgehead atoms. The summed E-state index contributed by atoms with van der Waals surface area (Å²) in [5.74, 6) is 0.833.